The minimum absolute atomic E-state index is 1.57. The van der Waals surface area contributed by atoms with E-state index in [9.17, 15) is 39.5 Å². The van der Waals surface area contributed by atoms with Crippen LogP contribution in [-0.4, -0.2) is 43.4 Å². The van der Waals surface area contributed by atoms with Crippen molar-refractivity contribution in [1.82, 2.24) is 0 Å². The standard InChI is InChI=1S/C7H5F9O2/c8-3(9)5(10,11)4-17-1-2(18-4)6(12,13)7(14,15)16/h2-4H,1H2. The molecule has 0 N–H and O–H groups in total. The van der Waals surface area contributed by atoms with Crippen molar-refractivity contribution in [2.75, 3.05) is 6.61 Å². The number of hydrogen-bond donors (Lipinski definition) is 0. The van der Waals surface area contributed by atoms with Gasteiger partial charge in [0.15, 0.2) is 6.10 Å². The monoisotopic (exact) mass is 292 g/mol. The summed E-state index contributed by atoms with van der Waals surface area (Å²) in [6.45, 7) is -1.57. The molecule has 1 heterocycles. The molecular weight excluding hydrogens is 287 g/mol. The van der Waals surface area contributed by atoms with Crippen LogP contribution in [0.5, 0.6) is 0 Å². The molecule has 0 aromatic carbocycles. The summed E-state index contributed by atoms with van der Waals surface area (Å²) in [6, 6.07) is 0. The van der Waals surface area contributed by atoms with E-state index in [1.807, 2.05) is 0 Å². The maximum atomic E-state index is 12.6. The second kappa shape index (κ2) is 4.44. The van der Waals surface area contributed by atoms with Crippen molar-refractivity contribution in [2.24, 2.45) is 0 Å². The Morgan fingerprint density at radius 1 is 0.944 bits per heavy atom. The fraction of sp³-hybridized carbons (Fsp3) is 1.00. The summed E-state index contributed by atoms with van der Waals surface area (Å²) in [4.78, 5) is 0. The maximum Gasteiger partial charge on any atom is 0.456 e. The van der Waals surface area contributed by atoms with Crippen molar-refractivity contribution >= 4 is 0 Å². The first kappa shape index (κ1) is 15.3. The van der Waals surface area contributed by atoms with E-state index in [0.29, 0.717) is 0 Å². The van der Waals surface area contributed by atoms with Gasteiger partial charge in [0, 0.05) is 0 Å². The number of hydrogen-bond acceptors (Lipinski definition) is 2. The second-order valence-electron chi connectivity index (χ2n) is 3.39. The molecule has 2 unspecified atom stereocenters. The zero-order valence-electron chi connectivity index (χ0n) is 8.16. The van der Waals surface area contributed by atoms with Crippen LogP contribution in [0.4, 0.5) is 39.5 Å². The third-order valence-electron chi connectivity index (χ3n) is 2.07. The van der Waals surface area contributed by atoms with E-state index >= 15 is 0 Å². The molecule has 2 nitrogen and oxygen atoms in total. The summed E-state index contributed by atoms with van der Waals surface area (Å²) < 4.78 is 117. The van der Waals surface area contributed by atoms with Crippen molar-refractivity contribution in [3.63, 3.8) is 0 Å². The zero-order valence-corrected chi connectivity index (χ0v) is 8.16. The Morgan fingerprint density at radius 2 is 1.44 bits per heavy atom. The molecule has 0 aromatic rings. The number of halogens is 9. The van der Waals surface area contributed by atoms with E-state index in [4.69, 9.17) is 0 Å². The SMILES string of the molecule is FC(F)C(F)(F)C1OCC(C(F)(F)C(F)(F)F)O1. The molecule has 0 aromatic heterocycles. The fourth-order valence-corrected chi connectivity index (χ4v) is 1.08. The normalized spacial score (nSPS) is 27.0. The van der Waals surface area contributed by atoms with Gasteiger partial charge in [-0.15, -0.1) is 0 Å². The average molecular weight is 292 g/mol. The number of alkyl halides is 9. The largest absolute Gasteiger partial charge is 0.456 e. The Bertz CT molecular complexity index is 300. The van der Waals surface area contributed by atoms with Crippen LogP contribution in [-0.2, 0) is 9.47 Å². The Kier molecular flexibility index (Phi) is 3.79. The summed E-state index contributed by atoms with van der Waals surface area (Å²) in [5.41, 5.74) is 0. The Balaban J connectivity index is 2.79. The molecule has 108 valence electrons. The molecule has 18 heavy (non-hydrogen) atoms. The predicted molar refractivity (Wildman–Crippen MR) is 36.6 cm³/mol. The van der Waals surface area contributed by atoms with Crippen molar-refractivity contribution in [3.05, 3.63) is 0 Å². The van der Waals surface area contributed by atoms with Crippen LogP contribution in [0.15, 0.2) is 0 Å². The van der Waals surface area contributed by atoms with E-state index < -0.39 is 43.4 Å². The molecule has 0 bridgehead atoms. The first-order chi connectivity index (χ1) is 7.90. The molecule has 1 aliphatic rings. The minimum Gasteiger partial charge on any atom is -0.344 e. The van der Waals surface area contributed by atoms with Gasteiger partial charge < -0.3 is 9.47 Å². The Hall–Kier alpha value is -0.710. The van der Waals surface area contributed by atoms with Crippen LogP contribution in [0.1, 0.15) is 0 Å². The van der Waals surface area contributed by atoms with Gasteiger partial charge in [0.25, 0.3) is 0 Å². The highest BCUT2D eigenvalue weighted by atomic mass is 19.4. The fourth-order valence-electron chi connectivity index (χ4n) is 1.08. The van der Waals surface area contributed by atoms with E-state index in [2.05, 4.69) is 9.47 Å². The van der Waals surface area contributed by atoms with Gasteiger partial charge in [0.2, 0.25) is 6.29 Å². The molecular formula is C7H5F9O2. The first-order valence-corrected chi connectivity index (χ1v) is 4.28. The topological polar surface area (TPSA) is 18.5 Å². The van der Waals surface area contributed by atoms with Crippen LogP contribution in [0.2, 0.25) is 0 Å². The summed E-state index contributed by atoms with van der Waals surface area (Å²) in [5, 5.41) is 0. The molecule has 1 aliphatic heterocycles. The van der Waals surface area contributed by atoms with Crippen LogP contribution in [0.3, 0.4) is 0 Å². The molecule has 0 spiro atoms. The molecule has 0 saturated carbocycles. The lowest BCUT2D eigenvalue weighted by molar-refractivity contribution is -0.326. The van der Waals surface area contributed by atoms with E-state index in [0.717, 1.165) is 0 Å². The van der Waals surface area contributed by atoms with Gasteiger partial charge in [-0.3, -0.25) is 0 Å². The highest BCUT2D eigenvalue weighted by Gasteiger charge is 2.67. The third-order valence-corrected chi connectivity index (χ3v) is 2.07. The van der Waals surface area contributed by atoms with E-state index in [1.165, 1.54) is 0 Å². The third kappa shape index (κ3) is 2.51. The lowest BCUT2D eigenvalue weighted by Gasteiger charge is -2.25. The molecule has 1 rings (SSSR count). The van der Waals surface area contributed by atoms with Crippen LogP contribution < -0.4 is 0 Å². The number of rotatable bonds is 3. The zero-order chi connectivity index (χ0) is 14.4. The highest BCUT2D eigenvalue weighted by molar-refractivity contribution is 4.90. The van der Waals surface area contributed by atoms with Gasteiger partial charge in [0.1, 0.15) is 0 Å². The van der Waals surface area contributed by atoms with E-state index in [1.54, 1.807) is 0 Å². The lowest BCUT2D eigenvalue weighted by atomic mass is 10.2. The first-order valence-electron chi connectivity index (χ1n) is 4.28. The lowest BCUT2D eigenvalue weighted by Crippen LogP contribution is -2.49. The molecule has 11 heteroatoms. The van der Waals surface area contributed by atoms with Crippen molar-refractivity contribution in [2.45, 2.75) is 36.8 Å². The minimum atomic E-state index is -6.06. The summed E-state index contributed by atoms with van der Waals surface area (Å²) in [7, 11) is 0. The molecule has 0 amide bonds. The van der Waals surface area contributed by atoms with Gasteiger partial charge in [-0.1, -0.05) is 0 Å². The average Bonchev–Trinajstić information content (AvgIpc) is 2.64. The van der Waals surface area contributed by atoms with Crippen molar-refractivity contribution in [1.29, 1.82) is 0 Å². The summed E-state index contributed by atoms with van der Waals surface area (Å²) in [6.07, 6.45) is -16.6. The van der Waals surface area contributed by atoms with Crippen molar-refractivity contribution < 1.29 is 49.0 Å². The molecule has 2 atom stereocenters. The van der Waals surface area contributed by atoms with Gasteiger partial charge >= 0.3 is 24.4 Å². The molecule has 0 radical (unpaired) electrons. The second-order valence-corrected chi connectivity index (χ2v) is 3.39. The Labute approximate surface area is 93.6 Å². The van der Waals surface area contributed by atoms with Gasteiger partial charge in [-0.25, -0.2) is 8.78 Å². The van der Waals surface area contributed by atoms with Crippen molar-refractivity contribution in [3.8, 4) is 0 Å². The summed E-state index contributed by atoms with van der Waals surface area (Å²) >= 11 is 0. The van der Waals surface area contributed by atoms with Gasteiger partial charge in [-0.05, 0) is 0 Å². The predicted octanol–water partition coefficient (Wildman–Crippen LogP) is 2.83. The van der Waals surface area contributed by atoms with E-state index in [-0.39, 0.29) is 0 Å². The molecule has 1 fully saturated rings. The smallest absolute Gasteiger partial charge is 0.344 e. The summed E-state index contributed by atoms with van der Waals surface area (Å²) in [5.74, 6) is -10.4. The maximum absolute atomic E-state index is 12.6. The molecule has 1 saturated heterocycles. The Morgan fingerprint density at radius 3 is 1.83 bits per heavy atom. The highest BCUT2D eigenvalue weighted by Crippen LogP contribution is 2.44. The van der Waals surface area contributed by atoms with Crippen LogP contribution in [0.25, 0.3) is 0 Å². The van der Waals surface area contributed by atoms with Crippen LogP contribution in [0, 0.1) is 0 Å². The van der Waals surface area contributed by atoms with Crippen LogP contribution >= 0.6 is 0 Å². The quantitative estimate of drug-likeness (QED) is 0.745. The number of ether oxygens (including phenoxy) is 2. The van der Waals surface area contributed by atoms with Gasteiger partial charge in [0.05, 0.1) is 6.61 Å². The van der Waals surface area contributed by atoms with Gasteiger partial charge in [-0.2, -0.15) is 30.7 Å². The molecule has 0 aliphatic carbocycles.